The third-order valence-electron chi connectivity index (χ3n) is 4.08. The van der Waals surface area contributed by atoms with Gasteiger partial charge >= 0.3 is 0 Å². The second kappa shape index (κ2) is 4.50. The summed E-state index contributed by atoms with van der Waals surface area (Å²) in [5.74, 6) is 0. The van der Waals surface area contributed by atoms with Gasteiger partial charge in [-0.2, -0.15) is 0 Å². The lowest BCUT2D eigenvalue weighted by Crippen LogP contribution is -2.19. The molecular formula is C18H20O. The van der Waals surface area contributed by atoms with Gasteiger partial charge in [-0.3, -0.25) is 0 Å². The minimum atomic E-state index is -0.762. The summed E-state index contributed by atoms with van der Waals surface area (Å²) in [6.07, 6.45) is 3.07. The number of fused-ring (bicyclic) bond motifs is 2. The Bertz CT molecular complexity index is 605. The Morgan fingerprint density at radius 1 is 0.842 bits per heavy atom. The zero-order valence-electron chi connectivity index (χ0n) is 11.6. The fourth-order valence-corrected chi connectivity index (χ4v) is 3.11. The fraction of sp³-hybridized carbons (Fsp3) is 0.333. The first-order chi connectivity index (χ1) is 9.05. The van der Waals surface area contributed by atoms with Crippen LogP contribution in [-0.2, 0) is 24.9 Å². The summed E-state index contributed by atoms with van der Waals surface area (Å²) in [6, 6.07) is 15.0. The average molecular weight is 252 g/mol. The smallest absolute Gasteiger partial charge is 0.0843 e. The molecular weight excluding hydrogens is 232 g/mol. The Morgan fingerprint density at radius 3 is 2.26 bits per heavy atom. The Morgan fingerprint density at radius 2 is 1.53 bits per heavy atom. The van der Waals surface area contributed by atoms with E-state index in [1.54, 1.807) is 0 Å². The maximum atomic E-state index is 10.4. The van der Waals surface area contributed by atoms with Crippen molar-refractivity contribution in [2.24, 2.45) is 0 Å². The molecule has 0 saturated carbocycles. The summed E-state index contributed by atoms with van der Waals surface area (Å²) >= 11 is 0. The van der Waals surface area contributed by atoms with Crippen LogP contribution in [0.3, 0.4) is 0 Å². The number of hydrogen-bond donors (Lipinski definition) is 1. The maximum Gasteiger partial charge on any atom is 0.0843 e. The largest absolute Gasteiger partial charge is 0.386 e. The summed E-state index contributed by atoms with van der Waals surface area (Å²) in [5, 5.41) is 10.4. The normalized spacial score (nSPS) is 14.5. The van der Waals surface area contributed by atoms with Crippen molar-refractivity contribution in [2.75, 3.05) is 0 Å². The second-order valence-corrected chi connectivity index (χ2v) is 5.95. The van der Waals surface area contributed by atoms with E-state index >= 15 is 0 Å². The fourth-order valence-electron chi connectivity index (χ4n) is 3.11. The average Bonchev–Trinajstić information content (AvgIpc) is 2.55. The van der Waals surface area contributed by atoms with Gasteiger partial charge in [-0.1, -0.05) is 42.5 Å². The first kappa shape index (κ1) is 12.4. The Labute approximate surface area is 114 Å². The van der Waals surface area contributed by atoms with Crippen LogP contribution in [-0.4, -0.2) is 5.11 Å². The third kappa shape index (κ3) is 2.31. The van der Waals surface area contributed by atoms with E-state index in [0.717, 1.165) is 24.8 Å². The minimum Gasteiger partial charge on any atom is -0.386 e. The van der Waals surface area contributed by atoms with Crippen molar-refractivity contribution in [3.8, 4) is 0 Å². The molecule has 0 spiro atoms. The van der Waals surface area contributed by atoms with Crippen molar-refractivity contribution in [3.63, 3.8) is 0 Å². The van der Waals surface area contributed by atoms with Gasteiger partial charge in [0.1, 0.15) is 0 Å². The van der Waals surface area contributed by atoms with Crippen molar-refractivity contribution in [1.29, 1.82) is 0 Å². The van der Waals surface area contributed by atoms with E-state index < -0.39 is 5.60 Å². The molecule has 0 fully saturated rings. The highest BCUT2D eigenvalue weighted by Crippen LogP contribution is 2.31. The number of hydrogen-bond acceptors (Lipinski definition) is 1. The van der Waals surface area contributed by atoms with E-state index in [9.17, 15) is 5.11 Å². The molecule has 0 radical (unpaired) electrons. The van der Waals surface area contributed by atoms with Crippen LogP contribution in [0.4, 0.5) is 0 Å². The Hall–Kier alpha value is -1.60. The first-order valence-electron chi connectivity index (χ1n) is 6.96. The monoisotopic (exact) mass is 252 g/mol. The van der Waals surface area contributed by atoms with Crippen LogP contribution in [0.25, 0.3) is 0 Å². The molecule has 1 aliphatic rings. The molecule has 1 aliphatic carbocycles. The van der Waals surface area contributed by atoms with Crippen LogP contribution >= 0.6 is 0 Å². The molecule has 0 aliphatic heterocycles. The number of rotatable bonds is 1. The maximum absolute atomic E-state index is 10.4. The predicted molar refractivity (Wildman–Crippen MR) is 78.3 cm³/mol. The number of benzene rings is 2. The summed E-state index contributed by atoms with van der Waals surface area (Å²) in [5.41, 5.74) is 5.89. The third-order valence-corrected chi connectivity index (χ3v) is 4.08. The van der Waals surface area contributed by atoms with Crippen molar-refractivity contribution in [2.45, 2.75) is 38.7 Å². The molecule has 0 aromatic heterocycles. The van der Waals surface area contributed by atoms with Crippen molar-refractivity contribution < 1.29 is 5.11 Å². The Kier molecular flexibility index (Phi) is 2.94. The van der Waals surface area contributed by atoms with Crippen molar-refractivity contribution >= 4 is 0 Å². The van der Waals surface area contributed by atoms with Gasteiger partial charge in [-0.15, -0.1) is 0 Å². The van der Waals surface area contributed by atoms with E-state index in [0.29, 0.717) is 0 Å². The molecule has 1 nitrogen and oxygen atoms in total. The van der Waals surface area contributed by atoms with Gasteiger partial charge in [-0.25, -0.2) is 0 Å². The molecule has 0 heterocycles. The summed E-state index contributed by atoms with van der Waals surface area (Å²) in [4.78, 5) is 0. The van der Waals surface area contributed by atoms with Crippen LogP contribution in [0.5, 0.6) is 0 Å². The van der Waals surface area contributed by atoms with Gasteiger partial charge in [-0.05, 0) is 60.9 Å². The zero-order chi connectivity index (χ0) is 13.5. The molecule has 19 heavy (non-hydrogen) atoms. The second-order valence-electron chi connectivity index (χ2n) is 5.95. The Balaban J connectivity index is 2.11. The van der Waals surface area contributed by atoms with Gasteiger partial charge in [0.2, 0.25) is 0 Å². The SMILES string of the molecule is CC(C)(O)c1cccc2c1CCc1ccccc1C2. The van der Waals surface area contributed by atoms with Crippen molar-refractivity contribution in [3.05, 3.63) is 70.3 Å². The molecule has 0 unspecified atom stereocenters. The van der Waals surface area contributed by atoms with Crippen molar-refractivity contribution in [1.82, 2.24) is 0 Å². The van der Waals surface area contributed by atoms with E-state index in [-0.39, 0.29) is 0 Å². The van der Waals surface area contributed by atoms with E-state index in [1.165, 1.54) is 22.3 Å². The molecule has 0 saturated heterocycles. The molecule has 0 bridgehead atoms. The van der Waals surface area contributed by atoms with E-state index in [1.807, 2.05) is 13.8 Å². The molecule has 98 valence electrons. The molecule has 2 aromatic rings. The summed E-state index contributed by atoms with van der Waals surface area (Å²) < 4.78 is 0. The highest BCUT2D eigenvalue weighted by molar-refractivity contribution is 5.45. The van der Waals surface area contributed by atoms with Crippen LogP contribution in [0.2, 0.25) is 0 Å². The molecule has 2 aromatic carbocycles. The number of aryl methyl sites for hydroxylation is 1. The first-order valence-corrected chi connectivity index (χ1v) is 6.96. The molecule has 0 atom stereocenters. The highest BCUT2D eigenvalue weighted by Gasteiger charge is 2.23. The molecule has 1 N–H and O–H groups in total. The van der Waals surface area contributed by atoms with Gasteiger partial charge in [0.25, 0.3) is 0 Å². The molecule has 1 heteroatoms. The van der Waals surface area contributed by atoms with Crippen LogP contribution in [0.15, 0.2) is 42.5 Å². The van der Waals surface area contributed by atoms with Gasteiger partial charge < -0.3 is 5.11 Å². The van der Waals surface area contributed by atoms with Gasteiger partial charge in [0.15, 0.2) is 0 Å². The quantitative estimate of drug-likeness (QED) is 0.822. The van der Waals surface area contributed by atoms with E-state index in [4.69, 9.17) is 0 Å². The summed E-state index contributed by atoms with van der Waals surface area (Å²) in [6.45, 7) is 3.75. The zero-order valence-corrected chi connectivity index (χ0v) is 11.6. The van der Waals surface area contributed by atoms with Crippen LogP contribution in [0.1, 0.15) is 41.7 Å². The minimum absolute atomic E-state index is 0.762. The predicted octanol–water partition coefficient (Wildman–Crippen LogP) is 3.60. The van der Waals surface area contributed by atoms with Crippen LogP contribution in [0, 0.1) is 0 Å². The standard InChI is InChI=1S/C18H20O/c1-18(2,19)17-9-5-8-15-12-14-7-4-3-6-13(14)10-11-16(15)17/h3-9,19H,10-12H2,1-2H3. The molecule has 3 rings (SSSR count). The topological polar surface area (TPSA) is 20.2 Å². The van der Waals surface area contributed by atoms with Crippen LogP contribution < -0.4 is 0 Å². The van der Waals surface area contributed by atoms with Gasteiger partial charge in [0.05, 0.1) is 5.60 Å². The molecule has 0 amide bonds. The van der Waals surface area contributed by atoms with E-state index in [2.05, 4.69) is 42.5 Å². The lowest BCUT2D eigenvalue weighted by Gasteiger charge is -2.23. The van der Waals surface area contributed by atoms with Gasteiger partial charge in [0, 0.05) is 0 Å². The number of aliphatic hydroxyl groups is 1. The lowest BCUT2D eigenvalue weighted by molar-refractivity contribution is 0.0775. The summed E-state index contributed by atoms with van der Waals surface area (Å²) in [7, 11) is 0. The highest BCUT2D eigenvalue weighted by atomic mass is 16.3. The lowest BCUT2D eigenvalue weighted by atomic mass is 9.88.